The van der Waals surface area contributed by atoms with Gasteiger partial charge in [-0.15, -0.1) is 0 Å². The van der Waals surface area contributed by atoms with Gasteiger partial charge in [0.25, 0.3) is 0 Å². The molecule has 2 aromatic carbocycles. The first-order chi connectivity index (χ1) is 14.1. The molecule has 0 saturated heterocycles. The maximum atomic E-state index is 11.5. The van der Waals surface area contributed by atoms with Gasteiger partial charge in [-0.1, -0.05) is 30.8 Å². The molecule has 0 aliphatic carbocycles. The third-order valence-corrected chi connectivity index (χ3v) is 4.43. The summed E-state index contributed by atoms with van der Waals surface area (Å²) < 4.78 is 21.0. The molecule has 0 fully saturated rings. The van der Waals surface area contributed by atoms with Gasteiger partial charge < -0.3 is 18.9 Å². The molecule has 0 atom stereocenters. The summed E-state index contributed by atoms with van der Waals surface area (Å²) >= 11 is 0. The summed E-state index contributed by atoms with van der Waals surface area (Å²) in [5.41, 5.74) is 2.63. The molecule has 156 valence electrons. The molecular weight excluding hydrogens is 368 g/mol. The molecule has 0 spiro atoms. The summed E-state index contributed by atoms with van der Waals surface area (Å²) in [6, 6.07) is 16.1. The molecule has 5 nitrogen and oxygen atoms in total. The van der Waals surface area contributed by atoms with Crippen LogP contribution in [0.15, 0.2) is 60.7 Å². The van der Waals surface area contributed by atoms with Crippen LogP contribution in [0.25, 0.3) is 11.1 Å². The second-order valence-corrected chi connectivity index (χ2v) is 6.69. The van der Waals surface area contributed by atoms with Crippen LogP contribution in [0.1, 0.15) is 25.7 Å². The molecule has 0 unspecified atom stereocenters. The van der Waals surface area contributed by atoms with E-state index in [9.17, 15) is 4.79 Å². The lowest BCUT2D eigenvalue weighted by atomic mass is 10.1. The standard InChI is InChI=1S/C24H30O5/c1-19(18-26-2)24(25)29-17-7-5-4-6-16-28-23-14-10-21(11-15-23)20-8-12-22(27-3)13-9-20/h8-15H,1,4-7,16-18H2,2-3H3. The average molecular weight is 398 g/mol. The molecule has 0 aromatic heterocycles. The van der Waals surface area contributed by atoms with Crippen LogP contribution in [0, 0.1) is 0 Å². The first kappa shape index (κ1) is 22.5. The van der Waals surface area contributed by atoms with Crippen molar-refractivity contribution in [1.82, 2.24) is 0 Å². The Hall–Kier alpha value is -2.79. The molecular formula is C24H30O5. The summed E-state index contributed by atoms with van der Waals surface area (Å²) in [5, 5.41) is 0. The third kappa shape index (κ3) is 8.00. The fraction of sp³-hybridized carbons (Fsp3) is 0.375. The Morgan fingerprint density at radius 1 is 0.793 bits per heavy atom. The molecule has 0 heterocycles. The Bertz CT molecular complexity index is 750. The van der Waals surface area contributed by atoms with Gasteiger partial charge in [-0.05, 0) is 61.1 Å². The van der Waals surface area contributed by atoms with Crippen LogP contribution in [-0.4, -0.2) is 40.0 Å². The number of benzene rings is 2. The Morgan fingerprint density at radius 3 is 1.90 bits per heavy atom. The Morgan fingerprint density at radius 2 is 1.34 bits per heavy atom. The summed E-state index contributed by atoms with van der Waals surface area (Å²) in [4.78, 5) is 11.5. The largest absolute Gasteiger partial charge is 0.497 e. The zero-order valence-electron chi connectivity index (χ0n) is 17.3. The number of ether oxygens (including phenoxy) is 4. The minimum absolute atomic E-state index is 0.206. The van der Waals surface area contributed by atoms with Gasteiger partial charge in [0.2, 0.25) is 0 Å². The van der Waals surface area contributed by atoms with E-state index in [0.29, 0.717) is 18.8 Å². The van der Waals surface area contributed by atoms with Crippen molar-refractivity contribution in [1.29, 1.82) is 0 Å². The van der Waals surface area contributed by atoms with Crippen molar-refractivity contribution < 1.29 is 23.7 Å². The van der Waals surface area contributed by atoms with E-state index in [1.165, 1.54) is 7.11 Å². The number of carbonyl (C=O) groups is 1. The van der Waals surface area contributed by atoms with Crippen molar-refractivity contribution in [2.45, 2.75) is 25.7 Å². The van der Waals surface area contributed by atoms with Crippen molar-refractivity contribution in [2.24, 2.45) is 0 Å². The highest BCUT2D eigenvalue weighted by Gasteiger charge is 2.07. The van der Waals surface area contributed by atoms with Gasteiger partial charge >= 0.3 is 5.97 Å². The van der Waals surface area contributed by atoms with Gasteiger partial charge in [-0.3, -0.25) is 0 Å². The maximum absolute atomic E-state index is 11.5. The van der Waals surface area contributed by atoms with E-state index < -0.39 is 0 Å². The minimum atomic E-state index is -0.381. The molecule has 2 rings (SSSR count). The number of hydrogen-bond acceptors (Lipinski definition) is 5. The van der Waals surface area contributed by atoms with Crippen LogP contribution >= 0.6 is 0 Å². The smallest absolute Gasteiger partial charge is 0.335 e. The number of methoxy groups -OCH3 is 2. The fourth-order valence-corrected chi connectivity index (χ4v) is 2.77. The molecule has 0 bridgehead atoms. The Kier molecular flexibility index (Phi) is 9.80. The van der Waals surface area contributed by atoms with Crippen LogP contribution < -0.4 is 9.47 Å². The van der Waals surface area contributed by atoms with Crippen LogP contribution in [0.2, 0.25) is 0 Å². The van der Waals surface area contributed by atoms with Crippen LogP contribution in [-0.2, 0) is 14.3 Å². The lowest BCUT2D eigenvalue weighted by Gasteiger charge is -2.08. The number of hydrogen-bond donors (Lipinski definition) is 0. The van der Waals surface area contributed by atoms with E-state index in [4.69, 9.17) is 18.9 Å². The van der Waals surface area contributed by atoms with E-state index in [0.717, 1.165) is 48.3 Å². The highest BCUT2D eigenvalue weighted by molar-refractivity contribution is 5.87. The normalized spacial score (nSPS) is 10.4. The van der Waals surface area contributed by atoms with Gasteiger partial charge in [0.15, 0.2) is 0 Å². The molecule has 2 aromatic rings. The van der Waals surface area contributed by atoms with E-state index in [1.54, 1.807) is 7.11 Å². The second-order valence-electron chi connectivity index (χ2n) is 6.69. The molecule has 5 heteroatoms. The zero-order chi connectivity index (χ0) is 20.9. The quantitative estimate of drug-likeness (QED) is 0.269. The first-order valence-corrected chi connectivity index (χ1v) is 9.85. The third-order valence-electron chi connectivity index (χ3n) is 4.43. The van der Waals surface area contributed by atoms with Gasteiger partial charge in [-0.25, -0.2) is 4.79 Å². The van der Waals surface area contributed by atoms with E-state index in [2.05, 4.69) is 18.7 Å². The van der Waals surface area contributed by atoms with Crippen LogP contribution in [0.5, 0.6) is 11.5 Å². The van der Waals surface area contributed by atoms with Crippen LogP contribution in [0.3, 0.4) is 0 Å². The maximum Gasteiger partial charge on any atom is 0.335 e. The number of esters is 1. The van der Waals surface area contributed by atoms with Gasteiger partial charge in [0, 0.05) is 7.11 Å². The summed E-state index contributed by atoms with van der Waals surface area (Å²) in [6.07, 6.45) is 3.82. The Balaban J connectivity index is 1.58. The Labute approximate surface area is 173 Å². The van der Waals surface area contributed by atoms with E-state index >= 15 is 0 Å². The lowest BCUT2D eigenvalue weighted by Crippen LogP contribution is -2.11. The average Bonchev–Trinajstić information content (AvgIpc) is 2.76. The first-order valence-electron chi connectivity index (χ1n) is 9.85. The topological polar surface area (TPSA) is 54.0 Å². The predicted octanol–water partition coefficient (Wildman–Crippen LogP) is 5.05. The highest BCUT2D eigenvalue weighted by atomic mass is 16.5. The van der Waals surface area contributed by atoms with Crippen LogP contribution in [0.4, 0.5) is 0 Å². The predicted molar refractivity (Wildman–Crippen MR) is 114 cm³/mol. The van der Waals surface area contributed by atoms with Crippen molar-refractivity contribution >= 4 is 5.97 Å². The van der Waals surface area contributed by atoms with Gasteiger partial charge in [-0.2, -0.15) is 0 Å². The van der Waals surface area contributed by atoms with Crippen molar-refractivity contribution in [2.75, 3.05) is 34.0 Å². The summed E-state index contributed by atoms with van der Waals surface area (Å²) in [7, 11) is 3.19. The molecule has 0 aliphatic heterocycles. The van der Waals surface area contributed by atoms with Crippen molar-refractivity contribution in [3.05, 3.63) is 60.7 Å². The zero-order valence-corrected chi connectivity index (χ0v) is 17.3. The van der Waals surface area contributed by atoms with Gasteiger partial charge in [0.05, 0.1) is 32.5 Å². The lowest BCUT2D eigenvalue weighted by molar-refractivity contribution is -0.139. The number of carbonyl (C=O) groups excluding carboxylic acids is 1. The molecule has 0 N–H and O–H groups in total. The molecule has 0 aliphatic rings. The monoisotopic (exact) mass is 398 g/mol. The summed E-state index contributed by atoms with van der Waals surface area (Å²) in [6.45, 7) is 4.91. The van der Waals surface area contributed by atoms with Gasteiger partial charge in [0.1, 0.15) is 11.5 Å². The number of rotatable bonds is 13. The van der Waals surface area contributed by atoms with Crippen molar-refractivity contribution in [3.63, 3.8) is 0 Å². The van der Waals surface area contributed by atoms with E-state index in [-0.39, 0.29) is 12.6 Å². The molecule has 29 heavy (non-hydrogen) atoms. The minimum Gasteiger partial charge on any atom is -0.497 e. The molecule has 0 saturated carbocycles. The highest BCUT2D eigenvalue weighted by Crippen LogP contribution is 2.24. The fourth-order valence-electron chi connectivity index (χ4n) is 2.77. The van der Waals surface area contributed by atoms with Crippen molar-refractivity contribution in [3.8, 4) is 22.6 Å². The SMILES string of the molecule is C=C(COC)C(=O)OCCCCCCOc1ccc(-c2ccc(OC)cc2)cc1. The molecule has 0 radical (unpaired) electrons. The second kappa shape index (κ2) is 12.6. The summed E-state index contributed by atoms with van der Waals surface area (Å²) in [5.74, 6) is 1.34. The van der Waals surface area contributed by atoms with E-state index in [1.807, 2.05) is 36.4 Å². The number of unbranched alkanes of at least 4 members (excludes halogenated alkanes) is 3. The molecule has 0 amide bonds.